The maximum atomic E-state index is 13.7. The van der Waals surface area contributed by atoms with Gasteiger partial charge in [-0.15, -0.1) is 0 Å². The number of hydrogen-bond donors (Lipinski definition) is 2. The lowest BCUT2D eigenvalue weighted by Gasteiger charge is -2.25. The highest BCUT2D eigenvalue weighted by atomic mass is 35.5. The summed E-state index contributed by atoms with van der Waals surface area (Å²) in [5.74, 6) is -3.38. The molecule has 3 aromatic carbocycles. The lowest BCUT2D eigenvalue weighted by atomic mass is 9.94. The number of hydrogen-bond acceptors (Lipinski definition) is 4. The molecule has 8 heteroatoms. The van der Waals surface area contributed by atoms with E-state index in [4.69, 9.17) is 11.6 Å². The number of phenols is 1. The first-order valence-corrected chi connectivity index (χ1v) is 10.3. The first kappa shape index (κ1) is 22.5. The van der Waals surface area contributed by atoms with Gasteiger partial charge in [-0.1, -0.05) is 29.8 Å². The second kappa shape index (κ2) is 8.67. The number of aryl methyl sites for hydroxylation is 1. The van der Waals surface area contributed by atoms with Crippen molar-refractivity contribution in [3.63, 3.8) is 0 Å². The maximum Gasteiger partial charge on any atom is 0.295 e. The quantitative estimate of drug-likeness (QED) is 0.310. The van der Waals surface area contributed by atoms with E-state index in [0.29, 0.717) is 11.1 Å². The third-order valence-electron chi connectivity index (χ3n) is 5.52. The summed E-state index contributed by atoms with van der Waals surface area (Å²) in [4.78, 5) is 27.3. The molecule has 5 nitrogen and oxygen atoms in total. The average Bonchev–Trinajstić information content (AvgIpc) is 3.03. The van der Waals surface area contributed by atoms with Crippen LogP contribution in [0.15, 0.2) is 66.2 Å². The van der Waals surface area contributed by atoms with Gasteiger partial charge in [0.05, 0.1) is 16.6 Å². The Morgan fingerprint density at radius 1 is 1.03 bits per heavy atom. The van der Waals surface area contributed by atoms with E-state index in [2.05, 4.69) is 0 Å². The molecule has 1 aliphatic heterocycles. The molecule has 0 aliphatic carbocycles. The molecule has 4 rings (SSSR count). The molecular formula is C25H18ClF2NO4. The molecular weight excluding hydrogens is 452 g/mol. The third-order valence-corrected chi connectivity index (χ3v) is 5.83. The molecule has 0 radical (unpaired) electrons. The Balaban J connectivity index is 1.88. The minimum Gasteiger partial charge on any atom is -0.507 e. The zero-order chi connectivity index (χ0) is 23.9. The summed E-state index contributed by atoms with van der Waals surface area (Å²) in [7, 11) is 0. The molecule has 1 atom stereocenters. The smallest absolute Gasteiger partial charge is 0.295 e. The number of phenolic OH excluding ortho intramolecular Hbond substituents is 1. The molecule has 168 valence electrons. The number of aliphatic hydroxyl groups excluding tert-OH is 1. The number of carbonyl (C=O) groups excluding carboxylic acids is 2. The second-order valence-corrected chi connectivity index (χ2v) is 8.14. The monoisotopic (exact) mass is 469 g/mol. The number of likely N-dealkylation sites (tertiary alicyclic amines) is 1. The van der Waals surface area contributed by atoms with Gasteiger partial charge in [-0.25, -0.2) is 8.78 Å². The topological polar surface area (TPSA) is 77.8 Å². The van der Waals surface area contributed by atoms with E-state index in [1.807, 2.05) is 0 Å². The van der Waals surface area contributed by atoms with Crippen molar-refractivity contribution in [3.8, 4) is 5.75 Å². The van der Waals surface area contributed by atoms with Crippen LogP contribution >= 0.6 is 11.6 Å². The van der Waals surface area contributed by atoms with E-state index >= 15 is 0 Å². The van der Waals surface area contributed by atoms with Gasteiger partial charge in [0.15, 0.2) is 0 Å². The third kappa shape index (κ3) is 4.19. The average molecular weight is 470 g/mol. The Morgan fingerprint density at radius 3 is 2.36 bits per heavy atom. The van der Waals surface area contributed by atoms with E-state index < -0.39 is 35.1 Å². The summed E-state index contributed by atoms with van der Waals surface area (Å²) >= 11 is 6.07. The molecule has 0 saturated carbocycles. The Bertz CT molecular complexity index is 1300. The number of halogens is 3. The van der Waals surface area contributed by atoms with E-state index in [9.17, 15) is 28.6 Å². The van der Waals surface area contributed by atoms with Crippen molar-refractivity contribution in [2.45, 2.75) is 19.5 Å². The number of Topliss-reactive ketones (excluding diaryl/α,β-unsaturated/α-hetero) is 1. The van der Waals surface area contributed by atoms with Crippen molar-refractivity contribution in [2.75, 3.05) is 0 Å². The van der Waals surface area contributed by atoms with Gasteiger partial charge in [0.2, 0.25) is 0 Å². The van der Waals surface area contributed by atoms with E-state index in [1.165, 1.54) is 66.4 Å². The van der Waals surface area contributed by atoms with Crippen molar-refractivity contribution in [1.29, 1.82) is 0 Å². The zero-order valence-electron chi connectivity index (χ0n) is 17.3. The van der Waals surface area contributed by atoms with Crippen LogP contribution in [0.1, 0.15) is 28.3 Å². The van der Waals surface area contributed by atoms with Crippen LogP contribution in [0.2, 0.25) is 5.02 Å². The lowest BCUT2D eigenvalue weighted by Crippen LogP contribution is -2.29. The Hall–Kier alpha value is -3.71. The molecule has 0 bridgehead atoms. The second-order valence-electron chi connectivity index (χ2n) is 7.73. The number of rotatable bonds is 4. The largest absolute Gasteiger partial charge is 0.507 e. The summed E-state index contributed by atoms with van der Waals surface area (Å²) < 4.78 is 27.1. The number of carbonyl (C=O) groups is 2. The van der Waals surface area contributed by atoms with Crippen molar-refractivity contribution in [2.24, 2.45) is 0 Å². The van der Waals surface area contributed by atoms with Crippen LogP contribution in [0.3, 0.4) is 0 Å². The standard InChI is InChI=1S/C25H18ClF2NO4/c1-13-10-16(4-8-19(13)28)23(31)21-22(15-5-9-20(30)18(26)11-15)29(25(33)24(21)32)12-14-2-6-17(27)7-3-14/h2-11,22,30-31H,12H2,1H3/b23-21-. The van der Waals surface area contributed by atoms with Crippen molar-refractivity contribution in [1.82, 2.24) is 4.90 Å². The predicted molar refractivity (Wildman–Crippen MR) is 119 cm³/mol. The molecule has 1 aliphatic rings. The number of ketones is 1. The fourth-order valence-electron chi connectivity index (χ4n) is 3.82. The van der Waals surface area contributed by atoms with Crippen molar-refractivity contribution < 1.29 is 28.6 Å². The number of nitrogens with zero attached hydrogens (tertiary/aromatic N) is 1. The van der Waals surface area contributed by atoms with E-state index in [1.54, 1.807) is 0 Å². The van der Waals surface area contributed by atoms with Crippen LogP contribution in [0.4, 0.5) is 8.78 Å². The number of amides is 1. The molecule has 1 unspecified atom stereocenters. The number of benzene rings is 3. The maximum absolute atomic E-state index is 13.7. The summed E-state index contributed by atoms with van der Waals surface area (Å²) in [6.45, 7) is 1.46. The molecule has 0 aromatic heterocycles. The van der Waals surface area contributed by atoms with Crippen LogP contribution in [0.5, 0.6) is 5.75 Å². The molecule has 1 fully saturated rings. The van der Waals surface area contributed by atoms with Crippen LogP contribution in [0.25, 0.3) is 5.76 Å². The normalized spacial score (nSPS) is 17.6. The molecule has 1 saturated heterocycles. The molecule has 3 aromatic rings. The van der Waals surface area contributed by atoms with Gasteiger partial charge in [-0.3, -0.25) is 9.59 Å². The van der Waals surface area contributed by atoms with Gasteiger partial charge < -0.3 is 15.1 Å². The molecule has 1 amide bonds. The van der Waals surface area contributed by atoms with Gasteiger partial charge in [0.25, 0.3) is 11.7 Å². The number of aromatic hydroxyl groups is 1. The zero-order valence-corrected chi connectivity index (χ0v) is 18.1. The highest BCUT2D eigenvalue weighted by molar-refractivity contribution is 6.46. The Labute approximate surface area is 193 Å². The van der Waals surface area contributed by atoms with Gasteiger partial charge >= 0.3 is 0 Å². The summed E-state index contributed by atoms with van der Waals surface area (Å²) in [5.41, 5.74) is 1.16. The molecule has 33 heavy (non-hydrogen) atoms. The summed E-state index contributed by atoms with van der Waals surface area (Å²) in [6.07, 6.45) is 0. The van der Waals surface area contributed by atoms with E-state index in [0.717, 1.165) is 6.07 Å². The fourth-order valence-corrected chi connectivity index (χ4v) is 4.01. The lowest BCUT2D eigenvalue weighted by molar-refractivity contribution is -0.140. The summed E-state index contributed by atoms with van der Waals surface area (Å²) in [5, 5.41) is 20.8. The molecule has 0 spiro atoms. The van der Waals surface area contributed by atoms with Gasteiger partial charge in [-0.2, -0.15) is 0 Å². The van der Waals surface area contributed by atoms with Crippen molar-refractivity contribution >= 4 is 29.1 Å². The minimum absolute atomic E-state index is 0.00232. The van der Waals surface area contributed by atoms with Crippen LogP contribution in [0, 0.1) is 18.6 Å². The van der Waals surface area contributed by atoms with Gasteiger partial charge in [-0.05, 0) is 66.1 Å². The molecule has 2 N–H and O–H groups in total. The number of aliphatic hydroxyl groups is 1. The van der Waals surface area contributed by atoms with Crippen LogP contribution in [-0.4, -0.2) is 26.8 Å². The highest BCUT2D eigenvalue weighted by Crippen LogP contribution is 2.42. The minimum atomic E-state index is -1.04. The fraction of sp³-hybridized carbons (Fsp3) is 0.120. The van der Waals surface area contributed by atoms with Crippen LogP contribution < -0.4 is 0 Å². The van der Waals surface area contributed by atoms with Gasteiger partial charge in [0.1, 0.15) is 23.1 Å². The predicted octanol–water partition coefficient (Wildman–Crippen LogP) is 5.25. The van der Waals surface area contributed by atoms with Crippen molar-refractivity contribution in [3.05, 3.63) is 105 Å². The SMILES string of the molecule is Cc1cc(/C(O)=C2/C(=O)C(=O)N(Cc3ccc(F)cc3)C2c2ccc(O)c(Cl)c2)ccc1F. The van der Waals surface area contributed by atoms with Gasteiger partial charge in [0, 0.05) is 12.1 Å². The first-order valence-electron chi connectivity index (χ1n) is 9.95. The Morgan fingerprint density at radius 2 is 1.73 bits per heavy atom. The highest BCUT2D eigenvalue weighted by Gasteiger charge is 2.46. The van der Waals surface area contributed by atoms with E-state index in [-0.39, 0.29) is 34.0 Å². The van der Waals surface area contributed by atoms with Crippen LogP contribution in [-0.2, 0) is 16.1 Å². The molecule has 1 heterocycles. The summed E-state index contributed by atoms with van der Waals surface area (Å²) in [6, 6.07) is 12.4. The first-order chi connectivity index (χ1) is 15.7. The Kier molecular flexibility index (Phi) is 5.91.